The van der Waals surface area contributed by atoms with E-state index in [0.717, 1.165) is 9.79 Å². The number of rotatable bonds is 0. The second kappa shape index (κ2) is 8.70. The van der Waals surface area contributed by atoms with Gasteiger partial charge in [0.15, 0.2) is 0 Å². The third kappa shape index (κ3) is 7.55. The van der Waals surface area contributed by atoms with Crippen LogP contribution in [0.1, 0.15) is 11.1 Å². The summed E-state index contributed by atoms with van der Waals surface area (Å²) >= 11 is 9.74. The fourth-order valence-electron chi connectivity index (χ4n) is 1.08. The molecule has 0 aliphatic rings. The van der Waals surface area contributed by atoms with E-state index in [1.807, 2.05) is 48.5 Å². The fourth-order valence-corrected chi connectivity index (χ4v) is 1.35. The maximum Gasteiger partial charge on any atom is 2.00 e. The molecule has 0 heterocycles. The van der Waals surface area contributed by atoms with Crippen LogP contribution in [0.2, 0.25) is 0 Å². The van der Waals surface area contributed by atoms with Crippen LogP contribution in [0.4, 0.5) is 0 Å². The quantitative estimate of drug-likeness (QED) is 0.531. The number of benzene rings is 2. The minimum atomic E-state index is 0. The first kappa shape index (κ1) is 16.6. The average Bonchev–Trinajstić information content (AvgIpc) is 2.28. The molecule has 0 N–H and O–H groups in total. The summed E-state index contributed by atoms with van der Waals surface area (Å²) in [6.07, 6.45) is 0. The predicted octanol–water partition coefficient (Wildman–Crippen LogP) is 3.42. The van der Waals surface area contributed by atoms with Gasteiger partial charge in [0.1, 0.15) is 0 Å². The molecule has 0 radical (unpaired) electrons. The smallest absolute Gasteiger partial charge is 0.780 e. The van der Waals surface area contributed by atoms with Crippen molar-refractivity contribution in [3.8, 4) is 0 Å². The first-order valence-corrected chi connectivity index (χ1v) is 5.87. The molecular weight excluding hydrogens is 257 g/mol. The molecule has 2 aromatic rings. The standard InChI is InChI=1S/2C7H8S.Mg/c2*1-6-2-4-7(8)5-3-6;/h2*2-5,8H,1H3;/q;;+2/p-2. The van der Waals surface area contributed by atoms with E-state index in [2.05, 4.69) is 13.8 Å². The van der Waals surface area contributed by atoms with Crippen molar-refractivity contribution in [2.24, 2.45) is 0 Å². The van der Waals surface area contributed by atoms with E-state index in [-0.39, 0.29) is 23.1 Å². The summed E-state index contributed by atoms with van der Waals surface area (Å²) in [5, 5.41) is 0. The zero-order valence-electron chi connectivity index (χ0n) is 10.1. The molecule has 0 bridgehead atoms. The van der Waals surface area contributed by atoms with Gasteiger partial charge in [-0.3, -0.25) is 0 Å². The molecule has 0 unspecified atom stereocenters. The van der Waals surface area contributed by atoms with Crippen LogP contribution in [0.5, 0.6) is 0 Å². The zero-order valence-corrected chi connectivity index (χ0v) is 13.2. The van der Waals surface area contributed by atoms with E-state index in [1.54, 1.807) is 0 Å². The molecule has 17 heavy (non-hydrogen) atoms. The van der Waals surface area contributed by atoms with Crippen molar-refractivity contribution < 1.29 is 0 Å². The Hall–Kier alpha value is -0.354. The molecular formula is C14H14MgS2. The SMILES string of the molecule is Cc1ccc([S-])cc1.Cc1ccc([S-])cc1.[Mg+2]. The van der Waals surface area contributed by atoms with Gasteiger partial charge in [-0.15, -0.1) is 0 Å². The Morgan fingerprint density at radius 2 is 0.824 bits per heavy atom. The van der Waals surface area contributed by atoms with Crippen molar-refractivity contribution in [2.45, 2.75) is 23.6 Å². The van der Waals surface area contributed by atoms with Gasteiger partial charge in [0.25, 0.3) is 0 Å². The van der Waals surface area contributed by atoms with Crippen molar-refractivity contribution in [1.82, 2.24) is 0 Å². The minimum absolute atomic E-state index is 0. The van der Waals surface area contributed by atoms with Crippen LogP contribution < -0.4 is 0 Å². The summed E-state index contributed by atoms with van der Waals surface area (Å²) in [5.74, 6) is 0. The van der Waals surface area contributed by atoms with Gasteiger partial charge < -0.3 is 25.3 Å². The van der Waals surface area contributed by atoms with Gasteiger partial charge in [0.2, 0.25) is 0 Å². The summed E-state index contributed by atoms with van der Waals surface area (Å²) in [5.41, 5.74) is 2.53. The monoisotopic (exact) mass is 270 g/mol. The maximum absolute atomic E-state index is 4.87. The maximum atomic E-state index is 4.87. The molecule has 0 spiro atoms. The van der Waals surface area contributed by atoms with Crippen LogP contribution in [0, 0.1) is 13.8 Å². The molecule has 3 heteroatoms. The second-order valence-corrected chi connectivity index (χ2v) is 4.57. The molecule has 0 aromatic heterocycles. The summed E-state index contributed by atoms with van der Waals surface area (Å²) in [4.78, 5) is 1.83. The molecule has 0 saturated carbocycles. The molecule has 2 aromatic carbocycles. The topological polar surface area (TPSA) is 0 Å². The minimum Gasteiger partial charge on any atom is -0.780 e. The Morgan fingerprint density at radius 3 is 1.00 bits per heavy atom. The number of hydrogen-bond donors (Lipinski definition) is 0. The largest absolute Gasteiger partial charge is 2.00 e. The van der Waals surface area contributed by atoms with Gasteiger partial charge in [-0.2, -0.15) is 9.79 Å². The summed E-state index contributed by atoms with van der Waals surface area (Å²) in [6, 6.07) is 15.8. The van der Waals surface area contributed by atoms with E-state index >= 15 is 0 Å². The van der Waals surface area contributed by atoms with Crippen molar-refractivity contribution in [1.29, 1.82) is 0 Å². The number of aryl methyl sites for hydroxylation is 2. The first-order chi connectivity index (χ1) is 7.58. The molecule has 84 valence electrons. The van der Waals surface area contributed by atoms with Crippen molar-refractivity contribution >= 4 is 48.3 Å². The Balaban J connectivity index is 0.000000284. The average molecular weight is 271 g/mol. The van der Waals surface area contributed by atoms with E-state index in [0.29, 0.717) is 0 Å². The Kier molecular flexibility index (Phi) is 8.51. The fraction of sp³-hybridized carbons (Fsp3) is 0.143. The van der Waals surface area contributed by atoms with Crippen LogP contribution >= 0.6 is 0 Å². The Bertz CT molecular complexity index is 335. The molecule has 0 nitrogen and oxygen atoms in total. The summed E-state index contributed by atoms with van der Waals surface area (Å²) < 4.78 is 0. The molecule has 0 atom stereocenters. The van der Waals surface area contributed by atoms with Crippen LogP contribution in [-0.4, -0.2) is 23.1 Å². The van der Waals surface area contributed by atoms with Gasteiger partial charge in [-0.25, -0.2) is 0 Å². The Morgan fingerprint density at radius 1 is 0.588 bits per heavy atom. The van der Waals surface area contributed by atoms with Crippen molar-refractivity contribution in [2.75, 3.05) is 0 Å². The normalized spacial score (nSPS) is 8.59. The Labute approximate surface area is 131 Å². The van der Waals surface area contributed by atoms with Gasteiger partial charge in [0.05, 0.1) is 0 Å². The van der Waals surface area contributed by atoms with Crippen LogP contribution in [0.3, 0.4) is 0 Å². The van der Waals surface area contributed by atoms with Crippen molar-refractivity contribution in [3.63, 3.8) is 0 Å². The second-order valence-electron chi connectivity index (χ2n) is 3.63. The van der Waals surface area contributed by atoms with Crippen molar-refractivity contribution in [3.05, 3.63) is 59.7 Å². The molecule has 0 aliphatic carbocycles. The van der Waals surface area contributed by atoms with Gasteiger partial charge >= 0.3 is 23.1 Å². The molecule has 0 fully saturated rings. The van der Waals surface area contributed by atoms with Crippen LogP contribution in [-0.2, 0) is 25.3 Å². The van der Waals surface area contributed by atoms with E-state index in [1.165, 1.54) is 11.1 Å². The van der Waals surface area contributed by atoms with Gasteiger partial charge in [-0.05, 0) is 13.8 Å². The van der Waals surface area contributed by atoms with E-state index in [4.69, 9.17) is 25.3 Å². The molecule has 0 saturated heterocycles. The third-order valence-corrected chi connectivity index (χ3v) is 2.59. The number of hydrogen-bond acceptors (Lipinski definition) is 2. The summed E-state index contributed by atoms with van der Waals surface area (Å²) in [7, 11) is 0. The molecule has 2 rings (SSSR count). The van der Waals surface area contributed by atoms with E-state index < -0.39 is 0 Å². The predicted molar refractivity (Wildman–Crippen MR) is 79.4 cm³/mol. The van der Waals surface area contributed by atoms with Gasteiger partial charge in [0, 0.05) is 0 Å². The zero-order chi connectivity index (χ0) is 12.0. The molecule has 0 amide bonds. The summed E-state index contributed by atoms with van der Waals surface area (Å²) in [6.45, 7) is 4.10. The van der Waals surface area contributed by atoms with Crippen LogP contribution in [0.25, 0.3) is 0 Å². The van der Waals surface area contributed by atoms with Gasteiger partial charge in [-0.1, -0.05) is 59.7 Å². The van der Waals surface area contributed by atoms with E-state index in [9.17, 15) is 0 Å². The van der Waals surface area contributed by atoms with Crippen LogP contribution in [0.15, 0.2) is 58.3 Å². The first-order valence-electron chi connectivity index (χ1n) is 5.05. The third-order valence-electron chi connectivity index (χ3n) is 2.04. The molecule has 0 aliphatic heterocycles.